The van der Waals surface area contributed by atoms with Crippen LogP contribution in [0.15, 0.2) is 35.4 Å². The number of hydrogen-bond acceptors (Lipinski definition) is 8. The van der Waals surface area contributed by atoms with E-state index in [1.54, 1.807) is 0 Å². The van der Waals surface area contributed by atoms with Crippen LogP contribution in [0.1, 0.15) is 11.1 Å². The fourth-order valence-corrected chi connectivity index (χ4v) is 2.10. The Hall–Kier alpha value is -3.90. The maximum absolute atomic E-state index is 12.7. The molecular weight excluding hydrogens is 389 g/mol. The molecular formula is C15H10F3N4O6-. The molecule has 28 heavy (non-hydrogen) atoms. The summed E-state index contributed by atoms with van der Waals surface area (Å²) in [4.78, 5) is 19.9. The Labute approximate surface area is 154 Å². The van der Waals surface area contributed by atoms with Gasteiger partial charge in [-0.2, -0.15) is 18.3 Å². The number of benzene rings is 2. The van der Waals surface area contributed by atoms with Crippen molar-refractivity contribution >= 4 is 23.3 Å². The molecule has 0 atom stereocenters. The average molecular weight is 399 g/mol. The molecule has 0 aliphatic rings. The minimum atomic E-state index is -4.76. The summed E-state index contributed by atoms with van der Waals surface area (Å²) < 4.78 is 42.8. The van der Waals surface area contributed by atoms with Gasteiger partial charge in [-0.3, -0.25) is 25.7 Å². The van der Waals surface area contributed by atoms with Gasteiger partial charge in [-0.25, -0.2) is 0 Å². The average Bonchev–Trinajstić information content (AvgIpc) is 2.61. The van der Waals surface area contributed by atoms with Crippen LogP contribution in [0.3, 0.4) is 0 Å². The molecule has 0 amide bonds. The number of methoxy groups -OCH3 is 1. The maximum atomic E-state index is 12.7. The number of hydrazone groups is 1. The smallest absolute Gasteiger partial charge is 0.416 e. The summed E-state index contributed by atoms with van der Waals surface area (Å²) in [5.41, 5.74) is -0.951. The fourth-order valence-electron chi connectivity index (χ4n) is 2.10. The van der Waals surface area contributed by atoms with Gasteiger partial charge in [0.05, 0.1) is 28.7 Å². The monoisotopic (exact) mass is 399 g/mol. The second-order valence-electron chi connectivity index (χ2n) is 5.19. The molecule has 0 aliphatic heterocycles. The minimum Gasteiger partial charge on any atom is -0.865 e. The van der Waals surface area contributed by atoms with Crippen LogP contribution in [0.2, 0.25) is 0 Å². The number of halogens is 3. The number of nitrogens with zero attached hydrogens (tertiary/aromatic N) is 3. The Balaban J connectivity index is 2.34. The van der Waals surface area contributed by atoms with Crippen molar-refractivity contribution in [3.63, 3.8) is 0 Å². The molecule has 148 valence electrons. The standard InChI is InChI=1S/C15H11F3N4O6/c1-28-13-5-8(4-12(14(13)23)22(26)27)7-19-20-10-3-2-9(15(16,17)18)6-11(10)21(24)25/h2-7,20,23H,1H3/p-1/b19-7-. The molecule has 2 rings (SSSR count). The van der Waals surface area contributed by atoms with Crippen LogP contribution in [0.25, 0.3) is 0 Å². The summed E-state index contributed by atoms with van der Waals surface area (Å²) in [5, 5.41) is 37.2. The molecule has 0 aliphatic carbocycles. The molecule has 1 N–H and O–H groups in total. The van der Waals surface area contributed by atoms with Gasteiger partial charge in [0.1, 0.15) is 11.4 Å². The van der Waals surface area contributed by atoms with Crippen molar-refractivity contribution in [1.29, 1.82) is 0 Å². The number of nitro benzene ring substituents is 2. The van der Waals surface area contributed by atoms with E-state index in [9.17, 15) is 38.5 Å². The van der Waals surface area contributed by atoms with Gasteiger partial charge in [0, 0.05) is 23.4 Å². The topological polar surface area (TPSA) is 143 Å². The van der Waals surface area contributed by atoms with Crippen LogP contribution in [-0.4, -0.2) is 23.2 Å². The van der Waals surface area contributed by atoms with Gasteiger partial charge in [-0.05, 0) is 18.2 Å². The molecule has 0 saturated carbocycles. The zero-order chi connectivity index (χ0) is 21.1. The molecule has 2 aromatic carbocycles. The molecule has 13 heteroatoms. The predicted molar refractivity (Wildman–Crippen MR) is 88.4 cm³/mol. The van der Waals surface area contributed by atoms with Crippen LogP contribution >= 0.6 is 0 Å². The molecule has 2 aromatic rings. The number of rotatable bonds is 6. The van der Waals surface area contributed by atoms with Gasteiger partial charge in [0.25, 0.3) is 11.4 Å². The van der Waals surface area contributed by atoms with Crippen LogP contribution in [-0.2, 0) is 6.18 Å². The van der Waals surface area contributed by atoms with Crippen molar-refractivity contribution in [2.45, 2.75) is 6.18 Å². The van der Waals surface area contributed by atoms with Crippen molar-refractivity contribution in [1.82, 2.24) is 0 Å². The summed E-state index contributed by atoms with van der Waals surface area (Å²) in [6.45, 7) is 0. The van der Waals surface area contributed by atoms with Gasteiger partial charge < -0.3 is 9.84 Å². The van der Waals surface area contributed by atoms with E-state index in [-0.39, 0.29) is 17.0 Å². The zero-order valence-corrected chi connectivity index (χ0v) is 13.9. The number of nitrogens with one attached hydrogen (secondary N) is 1. The third-order valence-corrected chi connectivity index (χ3v) is 3.39. The number of alkyl halides is 3. The molecule has 0 unspecified atom stereocenters. The second-order valence-corrected chi connectivity index (χ2v) is 5.19. The lowest BCUT2D eigenvalue weighted by Crippen LogP contribution is -2.06. The molecule has 0 radical (unpaired) electrons. The first kappa shape index (κ1) is 20.4. The van der Waals surface area contributed by atoms with Gasteiger partial charge in [0.2, 0.25) is 0 Å². The highest BCUT2D eigenvalue weighted by atomic mass is 19.4. The third kappa shape index (κ3) is 4.44. The first-order valence-electron chi connectivity index (χ1n) is 7.22. The molecule has 0 spiro atoms. The SMILES string of the molecule is COc1cc(/C=N\Nc2ccc(C(F)(F)F)cc2[N+](=O)[O-])cc([N+](=O)[O-])c1[O-]. The van der Waals surface area contributed by atoms with E-state index in [2.05, 4.69) is 10.5 Å². The number of hydrogen-bond donors (Lipinski definition) is 1. The van der Waals surface area contributed by atoms with Gasteiger partial charge in [-0.15, -0.1) is 0 Å². The van der Waals surface area contributed by atoms with Crippen molar-refractivity contribution in [2.75, 3.05) is 12.5 Å². The highest BCUT2D eigenvalue weighted by molar-refractivity contribution is 5.83. The molecule has 0 aromatic heterocycles. The molecule has 0 bridgehead atoms. The summed E-state index contributed by atoms with van der Waals surface area (Å²) in [6, 6.07) is 3.84. The van der Waals surface area contributed by atoms with E-state index in [0.717, 1.165) is 31.5 Å². The lowest BCUT2D eigenvalue weighted by atomic mass is 10.1. The van der Waals surface area contributed by atoms with Crippen molar-refractivity contribution in [3.05, 3.63) is 61.7 Å². The highest BCUT2D eigenvalue weighted by Crippen LogP contribution is 2.35. The summed E-state index contributed by atoms with van der Waals surface area (Å²) in [5.74, 6) is -1.27. The van der Waals surface area contributed by atoms with E-state index in [4.69, 9.17) is 4.74 Å². The summed E-state index contributed by atoms with van der Waals surface area (Å²) >= 11 is 0. The number of ether oxygens (including phenoxy) is 1. The van der Waals surface area contributed by atoms with Crippen LogP contribution in [0, 0.1) is 20.2 Å². The van der Waals surface area contributed by atoms with Crippen molar-refractivity contribution < 1.29 is 32.9 Å². The normalized spacial score (nSPS) is 11.4. The number of anilines is 1. The van der Waals surface area contributed by atoms with Crippen LogP contribution in [0.4, 0.5) is 30.2 Å². The molecule has 0 saturated heterocycles. The second kappa shape index (κ2) is 7.77. The maximum Gasteiger partial charge on any atom is 0.416 e. The summed E-state index contributed by atoms with van der Waals surface area (Å²) in [6.07, 6.45) is -3.78. The van der Waals surface area contributed by atoms with Gasteiger partial charge in [0.15, 0.2) is 0 Å². The molecule has 0 heterocycles. The zero-order valence-electron chi connectivity index (χ0n) is 13.9. The van der Waals surface area contributed by atoms with E-state index in [1.807, 2.05) is 0 Å². The lowest BCUT2D eigenvalue weighted by Gasteiger charge is -2.13. The largest absolute Gasteiger partial charge is 0.865 e. The quantitative estimate of drug-likeness (QED) is 0.447. The predicted octanol–water partition coefficient (Wildman–Crippen LogP) is 3.05. The van der Waals surface area contributed by atoms with E-state index in [0.29, 0.717) is 12.1 Å². The number of nitro groups is 2. The Bertz CT molecular complexity index is 962. The Kier molecular flexibility index (Phi) is 5.67. The Morgan fingerprint density at radius 2 is 1.75 bits per heavy atom. The van der Waals surface area contributed by atoms with Crippen LogP contribution < -0.4 is 15.3 Å². The van der Waals surface area contributed by atoms with E-state index >= 15 is 0 Å². The van der Waals surface area contributed by atoms with E-state index < -0.39 is 38.7 Å². The minimum absolute atomic E-state index is 0.0465. The van der Waals surface area contributed by atoms with Crippen LogP contribution in [0.5, 0.6) is 11.5 Å². The Morgan fingerprint density at radius 1 is 1.11 bits per heavy atom. The first-order chi connectivity index (χ1) is 13.0. The molecule has 0 fully saturated rings. The lowest BCUT2D eigenvalue weighted by molar-refractivity contribution is -0.398. The Morgan fingerprint density at radius 3 is 2.29 bits per heavy atom. The molecule has 10 nitrogen and oxygen atoms in total. The summed E-state index contributed by atoms with van der Waals surface area (Å²) in [7, 11) is 1.13. The first-order valence-corrected chi connectivity index (χ1v) is 7.22. The van der Waals surface area contributed by atoms with E-state index in [1.165, 1.54) is 0 Å². The van der Waals surface area contributed by atoms with Crippen molar-refractivity contribution in [2.24, 2.45) is 5.10 Å². The highest BCUT2D eigenvalue weighted by Gasteiger charge is 2.33. The fraction of sp³-hybridized carbons (Fsp3) is 0.133. The van der Waals surface area contributed by atoms with Gasteiger partial charge in [-0.1, -0.05) is 0 Å². The van der Waals surface area contributed by atoms with Gasteiger partial charge >= 0.3 is 6.18 Å². The third-order valence-electron chi connectivity index (χ3n) is 3.39. The van der Waals surface area contributed by atoms with Crippen molar-refractivity contribution in [3.8, 4) is 11.5 Å².